The quantitative estimate of drug-likeness (QED) is 0.883. The van der Waals surface area contributed by atoms with Gasteiger partial charge in [-0.2, -0.15) is 0 Å². The molecule has 3 N–H and O–H groups in total. The number of anilines is 2. The van der Waals surface area contributed by atoms with Crippen LogP contribution in [-0.4, -0.2) is 48.0 Å². The second kappa shape index (κ2) is 7.51. The van der Waals surface area contributed by atoms with Crippen LogP contribution in [-0.2, 0) is 4.79 Å². The van der Waals surface area contributed by atoms with Gasteiger partial charge in [0.1, 0.15) is 5.82 Å². The lowest BCUT2D eigenvalue weighted by Crippen LogP contribution is -2.46. The van der Waals surface area contributed by atoms with Crippen LogP contribution in [0, 0.1) is 5.92 Å². The van der Waals surface area contributed by atoms with Crippen LogP contribution in [0.4, 0.5) is 16.3 Å². The minimum atomic E-state index is -0.458. The zero-order valence-electron chi connectivity index (χ0n) is 13.9. The highest BCUT2D eigenvalue weighted by molar-refractivity contribution is 5.93. The monoisotopic (exact) mass is 331 g/mol. The Kier molecular flexibility index (Phi) is 5.17. The number of nitrogens with one attached hydrogen (secondary N) is 1. The molecule has 2 aliphatic rings. The van der Waals surface area contributed by atoms with Crippen LogP contribution in [0.1, 0.15) is 32.1 Å². The van der Waals surface area contributed by atoms with Gasteiger partial charge < -0.3 is 20.9 Å². The van der Waals surface area contributed by atoms with Gasteiger partial charge in [0.05, 0.1) is 17.8 Å². The lowest BCUT2D eigenvalue weighted by Gasteiger charge is -2.30. The maximum Gasteiger partial charge on any atom is 0.314 e. The number of rotatable bonds is 3. The van der Waals surface area contributed by atoms with E-state index in [0.29, 0.717) is 18.8 Å². The number of carbonyl (C=O) groups is 2. The number of pyridine rings is 1. The number of urea groups is 1. The first-order chi connectivity index (χ1) is 11.6. The summed E-state index contributed by atoms with van der Waals surface area (Å²) < 4.78 is 0. The summed E-state index contributed by atoms with van der Waals surface area (Å²) in [6.07, 6.45) is 6.98. The second-order valence-corrected chi connectivity index (χ2v) is 6.57. The molecule has 2 saturated heterocycles. The molecule has 1 aromatic heterocycles. The summed E-state index contributed by atoms with van der Waals surface area (Å²) in [5, 5.41) is 2.90. The van der Waals surface area contributed by atoms with Gasteiger partial charge in [0, 0.05) is 26.2 Å². The minimum Gasteiger partial charge on any atom is -0.357 e. The van der Waals surface area contributed by atoms with Crippen molar-refractivity contribution in [3.63, 3.8) is 0 Å². The molecule has 0 saturated carbocycles. The van der Waals surface area contributed by atoms with Crippen LogP contribution in [0.25, 0.3) is 0 Å². The molecule has 1 atom stereocenters. The van der Waals surface area contributed by atoms with Crippen molar-refractivity contribution in [2.75, 3.05) is 36.4 Å². The molecule has 2 aliphatic heterocycles. The summed E-state index contributed by atoms with van der Waals surface area (Å²) in [4.78, 5) is 31.9. The van der Waals surface area contributed by atoms with Crippen molar-refractivity contribution < 1.29 is 9.59 Å². The first-order valence-electron chi connectivity index (χ1n) is 8.70. The third-order valence-corrected chi connectivity index (χ3v) is 4.80. The molecule has 3 heterocycles. The fourth-order valence-electron chi connectivity index (χ4n) is 3.41. The Morgan fingerprint density at radius 3 is 2.58 bits per heavy atom. The summed E-state index contributed by atoms with van der Waals surface area (Å²) in [5.41, 5.74) is 6.00. The third-order valence-electron chi connectivity index (χ3n) is 4.80. The number of carbonyl (C=O) groups excluding carboxylic acids is 2. The average molecular weight is 331 g/mol. The Balaban J connectivity index is 1.57. The molecule has 24 heavy (non-hydrogen) atoms. The van der Waals surface area contributed by atoms with E-state index in [0.717, 1.165) is 31.7 Å². The highest BCUT2D eigenvalue weighted by Gasteiger charge is 2.27. The van der Waals surface area contributed by atoms with Crippen LogP contribution < -0.4 is 16.0 Å². The zero-order chi connectivity index (χ0) is 16.9. The van der Waals surface area contributed by atoms with Gasteiger partial charge in [-0.25, -0.2) is 9.78 Å². The fraction of sp³-hybridized carbons (Fsp3) is 0.588. The number of hydrogen-bond acceptors (Lipinski definition) is 4. The molecule has 3 rings (SSSR count). The topological polar surface area (TPSA) is 91.6 Å². The van der Waals surface area contributed by atoms with E-state index in [1.165, 1.54) is 24.2 Å². The van der Waals surface area contributed by atoms with Gasteiger partial charge in [-0.05, 0) is 44.2 Å². The number of nitrogens with two attached hydrogens (primary N) is 1. The fourth-order valence-corrected chi connectivity index (χ4v) is 3.41. The molecule has 0 radical (unpaired) electrons. The van der Waals surface area contributed by atoms with Crippen molar-refractivity contribution in [1.82, 2.24) is 9.88 Å². The molecule has 130 valence electrons. The van der Waals surface area contributed by atoms with Gasteiger partial charge in [-0.15, -0.1) is 0 Å². The molecule has 0 spiro atoms. The van der Waals surface area contributed by atoms with Crippen LogP contribution in [0.5, 0.6) is 0 Å². The first-order valence-corrected chi connectivity index (χ1v) is 8.70. The lowest BCUT2D eigenvalue weighted by atomic mass is 9.97. The van der Waals surface area contributed by atoms with Crippen molar-refractivity contribution in [3.8, 4) is 0 Å². The number of amides is 3. The van der Waals surface area contributed by atoms with E-state index >= 15 is 0 Å². The SMILES string of the molecule is NC(=O)N1CCC[C@H](C(=O)Nc2ccc(N3CCCCC3)nc2)C1. The van der Waals surface area contributed by atoms with E-state index < -0.39 is 6.03 Å². The van der Waals surface area contributed by atoms with Crippen molar-refractivity contribution in [2.24, 2.45) is 11.7 Å². The average Bonchev–Trinajstić information content (AvgIpc) is 2.63. The second-order valence-electron chi connectivity index (χ2n) is 6.57. The maximum absolute atomic E-state index is 12.4. The number of aromatic nitrogens is 1. The molecular weight excluding hydrogens is 306 g/mol. The number of piperidine rings is 2. The number of nitrogens with zero attached hydrogens (tertiary/aromatic N) is 3. The zero-order valence-corrected chi connectivity index (χ0v) is 13.9. The smallest absolute Gasteiger partial charge is 0.314 e. The molecule has 2 fully saturated rings. The molecule has 0 unspecified atom stereocenters. The molecular formula is C17H25N5O2. The maximum atomic E-state index is 12.4. The molecule has 0 bridgehead atoms. The van der Waals surface area contributed by atoms with Gasteiger partial charge in [0.15, 0.2) is 0 Å². The van der Waals surface area contributed by atoms with E-state index in [9.17, 15) is 9.59 Å². The summed E-state index contributed by atoms with van der Waals surface area (Å²) >= 11 is 0. The number of hydrogen-bond donors (Lipinski definition) is 2. The summed E-state index contributed by atoms with van der Waals surface area (Å²) in [7, 11) is 0. The highest BCUT2D eigenvalue weighted by atomic mass is 16.2. The molecule has 1 aromatic rings. The Bertz CT molecular complexity index is 583. The molecule has 0 aromatic carbocycles. The third kappa shape index (κ3) is 3.96. The minimum absolute atomic E-state index is 0.0755. The Labute approximate surface area is 142 Å². The molecule has 7 nitrogen and oxygen atoms in total. The van der Waals surface area contributed by atoms with E-state index in [2.05, 4.69) is 15.2 Å². The number of likely N-dealkylation sites (tertiary alicyclic amines) is 1. The Morgan fingerprint density at radius 1 is 1.12 bits per heavy atom. The van der Waals surface area contributed by atoms with Gasteiger partial charge in [0.2, 0.25) is 5.91 Å². The van der Waals surface area contributed by atoms with Gasteiger partial charge in [-0.3, -0.25) is 4.79 Å². The van der Waals surface area contributed by atoms with E-state index in [1.807, 2.05) is 12.1 Å². The van der Waals surface area contributed by atoms with Crippen LogP contribution >= 0.6 is 0 Å². The first kappa shape index (κ1) is 16.5. The van der Waals surface area contributed by atoms with E-state index in [4.69, 9.17) is 5.73 Å². The van der Waals surface area contributed by atoms with Crippen molar-refractivity contribution in [2.45, 2.75) is 32.1 Å². The summed E-state index contributed by atoms with van der Waals surface area (Å²) in [6.45, 7) is 3.11. The van der Waals surface area contributed by atoms with Crippen molar-refractivity contribution in [3.05, 3.63) is 18.3 Å². The lowest BCUT2D eigenvalue weighted by molar-refractivity contribution is -0.121. The standard InChI is InChI=1S/C17H25N5O2/c18-17(24)22-10-4-5-13(12-22)16(23)20-14-6-7-15(19-11-14)21-8-2-1-3-9-21/h6-7,11,13H,1-5,8-10,12H2,(H2,18,24)(H,20,23)/t13-/m0/s1. The van der Waals surface area contributed by atoms with Gasteiger partial charge in [-0.1, -0.05) is 0 Å². The normalized spacial score (nSPS) is 21.4. The van der Waals surface area contributed by atoms with Gasteiger partial charge >= 0.3 is 6.03 Å². The molecule has 7 heteroatoms. The number of primary amides is 1. The highest BCUT2D eigenvalue weighted by Crippen LogP contribution is 2.21. The van der Waals surface area contributed by atoms with Crippen molar-refractivity contribution in [1.29, 1.82) is 0 Å². The largest absolute Gasteiger partial charge is 0.357 e. The van der Waals surface area contributed by atoms with Crippen LogP contribution in [0.2, 0.25) is 0 Å². The van der Waals surface area contributed by atoms with E-state index in [1.54, 1.807) is 6.20 Å². The van der Waals surface area contributed by atoms with E-state index in [-0.39, 0.29) is 11.8 Å². The van der Waals surface area contributed by atoms with Crippen molar-refractivity contribution >= 4 is 23.4 Å². The molecule has 3 amide bonds. The summed E-state index contributed by atoms with van der Waals surface area (Å²) in [5.74, 6) is 0.673. The Hall–Kier alpha value is -2.31. The van der Waals surface area contributed by atoms with Crippen LogP contribution in [0.15, 0.2) is 18.3 Å². The van der Waals surface area contributed by atoms with Crippen LogP contribution in [0.3, 0.4) is 0 Å². The Morgan fingerprint density at radius 2 is 1.92 bits per heavy atom. The predicted molar refractivity (Wildman–Crippen MR) is 92.8 cm³/mol. The summed E-state index contributed by atoms with van der Waals surface area (Å²) in [6, 6.07) is 3.39. The molecule has 0 aliphatic carbocycles. The van der Waals surface area contributed by atoms with Gasteiger partial charge in [0.25, 0.3) is 0 Å². The predicted octanol–water partition coefficient (Wildman–Crippen LogP) is 1.80.